The van der Waals surface area contributed by atoms with Gasteiger partial charge in [-0.25, -0.2) is 0 Å². The van der Waals surface area contributed by atoms with Gasteiger partial charge in [-0.05, 0) is 33.7 Å². The first-order valence-corrected chi connectivity index (χ1v) is 7.88. The molecule has 1 aromatic heterocycles. The van der Waals surface area contributed by atoms with Crippen LogP contribution in [-0.4, -0.2) is 4.57 Å². The van der Waals surface area contributed by atoms with Crippen molar-refractivity contribution in [3.63, 3.8) is 0 Å². The Bertz CT molecular complexity index is 1080. The van der Waals surface area contributed by atoms with Crippen molar-refractivity contribution in [1.82, 2.24) is 4.57 Å². The summed E-state index contributed by atoms with van der Waals surface area (Å²) in [6, 6.07) is 27.9. The molecule has 0 atom stereocenters. The maximum atomic E-state index is 2.25. The number of hydrogen-bond acceptors (Lipinski definition) is 0. The predicted molar refractivity (Wildman–Crippen MR) is 98.3 cm³/mol. The van der Waals surface area contributed by atoms with Crippen LogP contribution in [0, 0.1) is 0 Å². The highest BCUT2D eigenvalue weighted by Crippen LogP contribution is 2.35. The molecule has 0 fully saturated rings. The van der Waals surface area contributed by atoms with E-state index in [2.05, 4.69) is 95.8 Å². The maximum Gasteiger partial charge on any atom is 0.0449 e. The summed E-state index contributed by atoms with van der Waals surface area (Å²) in [6.45, 7) is 0. The monoisotopic (exact) mass is 293 g/mol. The van der Waals surface area contributed by atoms with Crippen LogP contribution in [0.4, 0.5) is 0 Å². The molecular weight excluding hydrogens is 278 g/mol. The Balaban J connectivity index is 1.99. The third-order valence-corrected chi connectivity index (χ3v) is 4.61. The molecule has 0 saturated heterocycles. The summed E-state index contributed by atoms with van der Waals surface area (Å²) in [7, 11) is 0. The van der Waals surface area contributed by atoms with Crippen molar-refractivity contribution < 1.29 is 0 Å². The molecule has 108 valence electrons. The third kappa shape index (κ3) is 1.80. The Morgan fingerprint density at radius 2 is 0.783 bits per heavy atom. The van der Waals surface area contributed by atoms with E-state index in [4.69, 9.17) is 0 Å². The van der Waals surface area contributed by atoms with Crippen LogP contribution in [0.15, 0.2) is 91.3 Å². The summed E-state index contributed by atoms with van der Waals surface area (Å²) in [5.41, 5.74) is 1.19. The van der Waals surface area contributed by atoms with Gasteiger partial charge in [0, 0.05) is 28.9 Å². The summed E-state index contributed by atoms with van der Waals surface area (Å²) in [6.07, 6.45) is 4.50. The lowest BCUT2D eigenvalue weighted by Gasteiger charge is -2.06. The van der Waals surface area contributed by atoms with E-state index in [1.165, 1.54) is 38.0 Å². The molecule has 0 aliphatic heterocycles. The molecule has 0 amide bonds. The van der Waals surface area contributed by atoms with Crippen molar-refractivity contribution in [2.24, 2.45) is 0 Å². The first kappa shape index (κ1) is 12.5. The number of rotatable bonds is 1. The average molecular weight is 293 g/mol. The van der Waals surface area contributed by atoms with Gasteiger partial charge in [0.2, 0.25) is 0 Å². The van der Waals surface area contributed by atoms with Crippen LogP contribution < -0.4 is 0 Å². The minimum atomic E-state index is 1.19. The predicted octanol–water partition coefficient (Wildman–Crippen LogP) is 5.94. The molecule has 0 aliphatic rings. The molecule has 0 aliphatic carbocycles. The Morgan fingerprint density at radius 1 is 0.391 bits per heavy atom. The van der Waals surface area contributed by atoms with Crippen LogP contribution in [0.3, 0.4) is 0 Å². The van der Waals surface area contributed by atoms with E-state index in [0.717, 1.165) is 0 Å². The van der Waals surface area contributed by atoms with Crippen molar-refractivity contribution in [2.45, 2.75) is 0 Å². The lowest BCUT2D eigenvalue weighted by Crippen LogP contribution is -1.87. The Kier molecular flexibility index (Phi) is 2.56. The molecule has 1 heterocycles. The Morgan fingerprint density at radius 3 is 1.26 bits per heavy atom. The van der Waals surface area contributed by atoms with Gasteiger partial charge in [-0.15, -0.1) is 0 Å². The minimum Gasteiger partial charge on any atom is -0.323 e. The number of nitrogens with zero attached hydrogens (tertiary/aromatic N) is 1. The summed E-state index contributed by atoms with van der Waals surface area (Å²) in [4.78, 5) is 0. The fourth-order valence-electron chi connectivity index (χ4n) is 3.54. The summed E-state index contributed by atoms with van der Waals surface area (Å²) >= 11 is 0. The van der Waals surface area contributed by atoms with Crippen LogP contribution in [0.2, 0.25) is 0 Å². The smallest absolute Gasteiger partial charge is 0.0449 e. The normalized spacial score (nSPS) is 11.5. The van der Waals surface area contributed by atoms with Crippen molar-refractivity contribution in [1.29, 1.82) is 0 Å². The average Bonchev–Trinajstić information content (AvgIpc) is 3.09. The topological polar surface area (TPSA) is 4.93 Å². The zero-order valence-corrected chi connectivity index (χ0v) is 12.6. The van der Waals surface area contributed by atoms with E-state index in [-0.39, 0.29) is 0 Å². The highest BCUT2D eigenvalue weighted by molar-refractivity contribution is 6.25. The summed E-state index contributed by atoms with van der Waals surface area (Å²) in [5.74, 6) is 0. The van der Waals surface area contributed by atoms with Crippen LogP contribution >= 0.6 is 0 Å². The second-order valence-electron chi connectivity index (χ2n) is 5.92. The molecule has 0 bridgehead atoms. The number of para-hydroxylation sites is 1. The number of fused-ring (bicyclic) bond motifs is 6. The minimum absolute atomic E-state index is 1.19. The van der Waals surface area contributed by atoms with Gasteiger partial charge >= 0.3 is 0 Å². The van der Waals surface area contributed by atoms with Gasteiger partial charge in [0.1, 0.15) is 0 Å². The second kappa shape index (κ2) is 4.72. The van der Waals surface area contributed by atoms with E-state index in [1.807, 2.05) is 0 Å². The van der Waals surface area contributed by atoms with Crippen molar-refractivity contribution >= 4 is 32.3 Å². The molecular formula is C22H15N. The molecule has 4 aromatic carbocycles. The van der Waals surface area contributed by atoms with Crippen LogP contribution in [-0.2, 0) is 0 Å². The quantitative estimate of drug-likeness (QED) is 0.337. The van der Waals surface area contributed by atoms with E-state index in [0.29, 0.717) is 0 Å². The van der Waals surface area contributed by atoms with Gasteiger partial charge in [-0.2, -0.15) is 0 Å². The van der Waals surface area contributed by atoms with Gasteiger partial charge in [-0.1, -0.05) is 66.7 Å². The molecule has 0 spiro atoms. The zero-order valence-electron chi connectivity index (χ0n) is 12.6. The third-order valence-electron chi connectivity index (χ3n) is 4.61. The molecule has 5 rings (SSSR count). The molecule has 1 heteroatoms. The van der Waals surface area contributed by atoms with Crippen LogP contribution in [0.5, 0.6) is 0 Å². The summed E-state index contributed by atoms with van der Waals surface area (Å²) in [5, 5.41) is 7.89. The maximum absolute atomic E-state index is 2.25. The molecule has 0 N–H and O–H groups in total. The van der Waals surface area contributed by atoms with Crippen molar-refractivity contribution in [3.05, 3.63) is 91.3 Å². The molecule has 0 saturated carbocycles. The van der Waals surface area contributed by atoms with Gasteiger partial charge in [0.05, 0.1) is 0 Å². The molecule has 0 unspecified atom stereocenters. The van der Waals surface area contributed by atoms with E-state index in [1.54, 1.807) is 0 Å². The zero-order chi connectivity index (χ0) is 15.2. The Labute approximate surface area is 134 Å². The van der Waals surface area contributed by atoms with Gasteiger partial charge < -0.3 is 4.57 Å². The van der Waals surface area contributed by atoms with E-state index >= 15 is 0 Å². The SMILES string of the molecule is c1ccc(-n2cc3c4ccccc4c4ccccc4c3c2)cc1. The standard InChI is InChI=1S/C22H15N/c1-2-8-16(9-3-1)23-14-21-19-12-6-4-10-17(19)18-11-5-7-13-20(18)22(21)15-23/h1-15H. The molecule has 23 heavy (non-hydrogen) atoms. The fraction of sp³-hybridized carbons (Fsp3) is 0. The Hall–Kier alpha value is -3.06. The summed E-state index contributed by atoms with van der Waals surface area (Å²) < 4.78 is 2.23. The van der Waals surface area contributed by atoms with Gasteiger partial charge in [-0.3, -0.25) is 0 Å². The second-order valence-corrected chi connectivity index (χ2v) is 5.92. The van der Waals surface area contributed by atoms with Crippen LogP contribution in [0.25, 0.3) is 38.0 Å². The van der Waals surface area contributed by atoms with Crippen molar-refractivity contribution in [2.75, 3.05) is 0 Å². The highest BCUT2D eigenvalue weighted by Gasteiger charge is 2.10. The fourth-order valence-corrected chi connectivity index (χ4v) is 3.54. The molecule has 5 aromatic rings. The number of hydrogen-bond donors (Lipinski definition) is 0. The largest absolute Gasteiger partial charge is 0.323 e. The van der Waals surface area contributed by atoms with Crippen molar-refractivity contribution in [3.8, 4) is 5.69 Å². The van der Waals surface area contributed by atoms with Gasteiger partial charge in [0.15, 0.2) is 0 Å². The first-order chi connectivity index (χ1) is 11.4. The van der Waals surface area contributed by atoms with Gasteiger partial charge in [0.25, 0.3) is 0 Å². The number of benzene rings is 4. The van der Waals surface area contributed by atoms with E-state index < -0.39 is 0 Å². The molecule has 0 radical (unpaired) electrons. The highest BCUT2D eigenvalue weighted by atomic mass is 14.9. The lowest BCUT2D eigenvalue weighted by molar-refractivity contribution is 1.09. The van der Waals surface area contributed by atoms with Crippen LogP contribution in [0.1, 0.15) is 0 Å². The number of aromatic nitrogens is 1. The molecule has 1 nitrogen and oxygen atoms in total. The van der Waals surface area contributed by atoms with E-state index in [9.17, 15) is 0 Å². The first-order valence-electron chi connectivity index (χ1n) is 7.88. The lowest BCUT2D eigenvalue weighted by atomic mass is 9.97.